The molecular formula is C16H20ClNS. The molecule has 2 rings (SSSR count). The number of hydrogen-bond acceptors (Lipinski definition) is 2. The van der Waals surface area contributed by atoms with Crippen molar-refractivity contribution in [1.29, 1.82) is 0 Å². The summed E-state index contributed by atoms with van der Waals surface area (Å²) in [7, 11) is 0. The molecule has 2 aromatic rings. The standard InChI is InChI=1S/C16H20ClNS/c1-2-9-18-15(12-16-4-3-10-19-16)11-13-5-7-14(17)8-6-13/h3-8,10,15,18H,2,9,11-12H2,1H3. The fourth-order valence-corrected chi connectivity index (χ4v) is 3.05. The van der Waals surface area contributed by atoms with Crippen molar-refractivity contribution in [1.82, 2.24) is 5.32 Å². The Bertz CT molecular complexity index is 464. The maximum Gasteiger partial charge on any atom is 0.0406 e. The van der Waals surface area contributed by atoms with Crippen molar-refractivity contribution < 1.29 is 0 Å². The first-order chi connectivity index (χ1) is 9.28. The smallest absolute Gasteiger partial charge is 0.0406 e. The monoisotopic (exact) mass is 293 g/mol. The minimum absolute atomic E-state index is 0.500. The lowest BCUT2D eigenvalue weighted by Gasteiger charge is -2.18. The van der Waals surface area contributed by atoms with Gasteiger partial charge in [0.15, 0.2) is 0 Å². The molecule has 0 fully saturated rings. The van der Waals surface area contributed by atoms with Crippen LogP contribution in [0.25, 0.3) is 0 Å². The first-order valence-corrected chi connectivity index (χ1v) is 8.04. The SMILES string of the molecule is CCCNC(Cc1ccc(Cl)cc1)Cc1cccs1. The quantitative estimate of drug-likeness (QED) is 0.789. The number of hydrogen-bond donors (Lipinski definition) is 1. The van der Waals surface area contributed by atoms with Gasteiger partial charge in [0.2, 0.25) is 0 Å². The summed E-state index contributed by atoms with van der Waals surface area (Å²) in [5.41, 5.74) is 1.34. The van der Waals surface area contributed by atoms with Gasteiger partial charge < -0.3 is 5.32 Å². The number of nitrogens with one attached hydrogen (secondary N) is 1. The fourth-order valence-electron chi connectivity index (χ4n) is 2.14. The first kappa shape index (κ1) is 14.6. The summed E-state index contributed by atoms with van der Waals surface area (Å²) in [6.07, 6.45) is 3.32. The van der Waals surface area contributed by atoms with Crippen molar-refractivity contribution >= 4 is 22.9 Å². The molecule has 0 aliphatic rings. The van der Waals surface area contributed by atoms with Gasteiger partial charge in [-0.15, -0.1) is 11.3 Å². The third-order valence-corrected chi connectivity index (χ3v) is 4.26. The second-order valence-electron chi connectivity index (χ2n) is 4.77. The van der Waals surface area contributed by atoms with Crippen LogP contribution in [0.2, 0.25) is 5.02 Å². The average Bonchev–Trinajstić information content (AvgIpc) is 2.91. The van der Waals surface area contributed by atoms with Gasteiger partial charge in [-0.3, -0.25) is 0 Å². The summed E-state index contributed by atoms with van der Waals surface area (Å²) in [6, 6.07) is 13.0. The lowest BCUT2D eigenvalue weighted by Crippen LogP contribution is -2.33. The van der Waals surface area contributed by atoms with E-state index < -0.39 is 0 Å². The summed E-state index contributed by atoms with van der Waals surface area (Å²) < 4.78 is 0. The molecule has 0 aliphatic carbocycles. The van der Waals surface area contributed by atoms with E-state index >= 15 is 0 Å². The molecule has 1 heterocycles. The molecule has 0 spiro atoms. The Morgan fingerprint density at radius 2 is 1.95 bits per heavy atom. The molecule has 0 radical (unpaired) electrons. The minimum atomic E-state index is 0.500. The van der Waals surface area contributed by atoms with Crippen LogP contribution in [0.1, 0.15) is 23.8 Å². The van der Waals surface area contributed by atoms with Gasteiger partial charge >= 0.3 is 0 Å². The zero-order valence-electron chi connectivity index (χ0n) is 11.2. The van der Waals surface area contributed by atoms with Gasteiger partial charge in [0.25, 0.3) is 0 Å². The molecule has 0 amide bonds. The van der Waals surface area contributed by atoms with Crippen LogP contribution in [0.15, 0.2) is 41.8 Å². The lowest BCUT2D eigenvalue weighted by atomic mass is 10.0. The molecule has 1 aromatic carbocycles. The van der Waals surface area contributed by atoms with Gasteiger partial charge in [0.1, 0.15) is 0 Å². The van der Waals surface area contributed by atoms with Gasteiger partial charge in [-0.1, -0.05) is 36.7 Å². The summed E-state index contributed by atoms with van der Waals surface area (Å²) in [4.78, 5) is 1.45. The normalized spacial score (nSPS) is 12.5. The Hall–Kier alpha value is -0.830. The van der Waals surface area contributed by atoms with Crippen LogP contribution in [0, 0.1) is 0 Å². The van der Waals surface area contributed by atoms with Crippen LogP contribution in [0.3, 0.4) is 0 Å². The molecule has 1 nitrogen and oxygen atoms in total. The number of rotatable bonds is 7. The van der Waals surface area contributed by atoms with Crippen LogP contribution in [-0.4, -0.2) is 12.6 Å². The Morgan fingerprint density at radius 1 is 1.16 bits per heavy atom. The van der Waals surface area contributed by atoms with Crippen LogP contribution >= 0.6 is 22.9 Å². The van der Waals surface area contributed by atoms with Crippen molar-refractivity contribution in [3.05, 3.63) is 57.2 Å². The maximum atomic E-state index is 5.93. The fraction of sp³-hybridized carbons (Fsp3) is 0.375. The summed E-state index contributed by atoms with van der Waals surface area (Å²) in [5, 5.41) is 6.60. The molecular weight excluding hydrogens is 274 g/mol. The molecule has 1 unspecified atom stereocenters. The van der Waals surface area contributed by atoms with E-state index in [2.05, 4.69) is 41.9 Å². The van der Waals surface area contributed by atoms with Crippen LogP contribution in [0.4, 0.5) is 0 Å². The topological polar surface area (TPSA) is 12.0 Å². The van der Waals surface area contributed by atoms with E-state index in [0.717, 1.165) is 24.4 Å². The maximum absolute atomic E-state index is 5.93. The van der Waals surface area contributed by atoms with Gasteiger partial charge in [0.05, 0.1) is 0 Å². The third kappa shape index (κ3) is 4.98. The van der Waals surface area contributed by atoms with Gasteiger partial charge in [0, 0.05) is 15.9 Å². The third-order valence-electron chi connectivity index (χ3n) is 3.11. The van der Waals surface area contributed by atoms with Crippen molar-refractivity contribution in [3.63, 3.8) is 0 Å². The molecule has 1 aromatic heterocycles. The highest BCUT2D eigenvalue weighted by Gasteiger charge is 2.10. The molecule has 0 saturated heterocycles. The van der Waals surface area contributed by atoms with Crippen molar-refractivity contribution in [2.75, 3.05) is 6.54 Å². The van der Waals surface area contributed by atoms with E-state index in [-0.39, 0.29) is 0 Å². The molecule has 0 saturated carbocycles. The molecule has 19 heavy (non-hydrogen) atoms. The Morgan fingerprint density at radius 3 is 2.58 bits per heavy atom. The largest absolute Gasteiger partial charge is 0.313 e. The van der Waals surface area contributed by atoms with Gasteiger partial charge in [-0.05, 0) is 54.9 Å². The van der Waals surface area contributed by atoms with E-state index in [1.54, 1.807) is 0 Å². The van der Waals surface area contributed by atoms with E-state index in [9.17, 15) is 0 Å². The molecule has 0 bridgehead atoms. The second kappa shape index (κ2) is 7.68. The van der Waals surface area contributed by atoms with E-state index in [1.165, 1.54) is 16.9 Å². The highest BCUT2D eigenvalue weighted by molar-refractivity contribution is 7.09. The minimum Gasteiger partial charge on any atom is -0.313 e. The van der Waals surface area contributed by atoms with Crippen LogP contribution in [0.5, 0.6) is 0 Å². The number of thiophene rings is 1. The summed E-state index contributed by atoms with van der Waals surface area (Å²) >= 11 is 7.77. The molecule has 3 heteroatoms. The number of halogens is 1. The number of benzene rings is 1. The molecule has 1 atom stereocenters. The zero-order chi connectivity index (χ0) is 13.5. The first-order valence-electron chi connectivity index (χ1n) is 6.78. The van der Waals surface area contributed by atoms with Gasteiger partial charge in [-0.25, -0.2) is 0 Å². The summed E-state index contributed by atoms with van der Waals surface area (Å²) in [5.74, 6) is 0. The van der Waals surface area contributed by atoms with Crippen LogP contribution in [-0.2, 0) is 12.8 Å². The predicted molar refractivity (Wildman–Crippen MR) is 85.3 cm³/mol. The molecule has 102 valence electrons. The molecule has 1 N–H and O–H groups in total. The van der Waals surface area contributed by atoms with Crippen molar-refractivity contribution in [3.8, 4) is 0 Å². The Balaban J connectivity index is 1.98. The average molecular weight is 294 g/mol. The highest BCUT2D eigenvalue weighted by Crippen LogP contribution is 2.15. The summed E-state index contributed by atoms with van der Waals surface area (Å²) in [6.45, 7) is 3.28. The lowest BCUT2D eigenvalue weighted by molar-refractivity contribution is 0.507. The highest BCUT2D eigenvalue weighted by atomic mass is 35.5. The molecule has 0 aliphatic heterocycles. The van der Waals surface area contributed by atoms with E-state index in [4.69, 9.17) is 11.6 Å². The zero-order valence-corrected chi connectivity index (χ0v) is 12.8. The van der Waals surface area contributed by atoms with E-state index in [1.807, 2.05) is 23.5 Å². The van der Waals surface area contributed by atoms with Gasteiger partial charge in [-0.2, -0.15) is 0 Å². The Labute approximate surface area is 124 Å². The van der Waals surface area contributed by atoms with Crippen molar-refractivity contribution in [2.45, 2.75) is 32.2 Å². The van der Waals surface area contributed by atoms with E-state index in [0.29, 0.717) is 6.04 Å². The van der Waals surface area contributed by atoms with Crippen molar-refractivity contribution in [2.24, 2.45) is 0 Å². The predicted octanol–water partition coefficient (Wildman–Crippen LogP) is 4.55. The second-order valence-corrected chi connectivity index (χ2v) is 6.23. The van der Waals surface area contributed by atoms with Crippen LogP contribution < -0.4 is 5.32 Å². The Kier molecular flexibility index (Phi) is 5.90.